The second kappa shape index (κ2) is 9.42. The number of benzene rings is 2. The van der Waals surface area contributed by atoms with E-state index < -0.39 is 6.04 Å². The Labute approximate surface area is 177 Å². The molecular weight excluding hydrogens is 386 g/mol. The SMILES string of the molecule is CC(=O)N[C@H](CC(=O)Nc1cccc2c1CN(CC(C)C)C2)c1ccc(Cl)cc1. The minimum Gasteiger partial charge on any atom is -0.349 e. The van der Waals surface area contributed by atoms with Crippen LogP contribution in [0.1, 0.15) is 49.9 Å². The molecular formula is C23H28ClN3O2. The fourth-order valence-electron chi connectivity index (χ4n) is 3.83. The van der Waals surface area contributed by atoms with Crippen molar-refractivity contribution in [2.75, 3.05) is 11.9 Å². The third-order valence-corrected chi connectivity index (χ3v) is 5.24. The Kier molecular flexibility index (Phi) is 6.93. The summed E-state index contributed by atoms with van der Waals surface area (Å²) in [5.41, 5.74) is 4.15. The van der Waals surface area contributed by atoms with E-state index in [0.29, 0.717) is 10.9 Å². The predicted octanol–water partition coefficient (Wildman–Crippen LogP) is 4.52. The molecule has 0 spiro atoms. The van der Waals surface area contributed by atoms with Crippen molar-refractivity contribution in [1.82, 2.24) is 10.2 Å². The van der Waals surface area contributed by atoms with Crippen molar-refractivity contribution in [3.8, 4) is 0 Å². The van der Waals surface area contributed by atoms with Gasteiger partial charge in [-0.2, -0.15) is 0 Å². The molecule has 1 aliphatic rings. The van der Waals surface area contributed by atoms with Crippen LogP contribution in [0.4, 0.5) is 5.69 Å². The summed E-state index contributed by atoms with van der Waals surface area (Å²) in [5.74, 6) is 0.289. The normalized spacial score (nSPS) is 14.5. The van der Waals surface area contributed by atoms with Crippen LogP contribution in [0, 0.1) is 5.92 Å². The molecule has 2 aromatic carbocycles. The highest BCUT2D eigenvalue weighted by molar-refractivity contribution is 6.30. The zero-order valence-corrected chi connectivity index (χ0v) is 17.9. The van der Waals surface area contributed by atoms with Crippen LogP contribution in [-0.2, 0) is 22.7 Å². The van der Waals surface area contributed by atoms with Gasteiger partial charge in [0.05, 0.1) is 12.5 Å². The molecule has 29 heavy (non-hydrogen) atoms. The number of nitrogens with zero attached hydrogens (tertiary/aromatic N) is 1. The van der Waals surface area contributed by atoms with Gasteiger partial charge >= 0.3 is 0 Å². The zero-order valence-electron chi connectivity index (χ0n) is 17.2. The average Bonchev–Trinajstić information content (AvgIpc) is 3.04. The summed E-state index contributed by atoms with van der Waals surface area (Å²) in [7, 11) is 0. The molecule has 0 aromatic heterocycles. The van der Waals surface area contributed by atoms with Crippen LogP contribution in [0.3, 0.4) is 0 Å². The Morgan fingerprint density at radius 2 is 1.83 bits per heavy atom. The van der Waals surface area contributed by atoms with E-state index in [-0.39, 0.29) is 18.2 Å². The summed E-state index contributed by atoms with van der Waals surface area (Å²) in [6.07, 6.45) is 0.153. The first kappa shape index (κ1) is 21.3. The largest absolute Gasteiger partial charge is 0.349 e. The first-order chi connectivity index (χ1) is 13.8. The molecule has 6 heteroatoms. The Balaban J connectivity index is 1.71. The van der Waals surface area contributed by atoms with Crippen molar-refractivity contribution in [2.24, 2.45) is 5.92 Å². The molecule has 0 bridgehead atoms. The maximum absolute atomic E-state index is 12.8. The summed E-state index contributed by atoms with van der Waals surface area (Å²) in [5, 5.41) is 6.54. The lowest BCUT2D eigenvalue weighted by Gasteiger charge is -2.19. The van der Waals surface area contributed by atoms with Crippen LogP contribution in [0.15, 0.2) is 42.5 Å². The van der Waals surface area contributed by atoms with E-state index in [9.17, 15) is 9.59 Å². The van der Waals surface area contributed by atoms with Gasteiger partial charge in [0, 0.05) is 37.3 Å². The summed E-state index contributed by atoms with van der Waals surface area (Å²) in [6.45, 7) is 8.67. The van der Waals surface area contributed by atoms with E-state index in [4.69, 9.17) is 11.6 Å². The number of anilines is 1. The zero-order chi connectivity index (χ0) is 21.0. The molecule has 2 N–H and O–H groups in total. The van der Waals surface area contributed by atoms with Gasteiger partial charge in [-0.15, -0.1) is 0 Å². The number of hydrogen-bond donors (Lipinski definition) is 2. The topological polar surface area (TPSA) is 61.4 Å². The van der Waals surface area contributed by atoms with Crippen LogP contribution < -0.4 is 10.6 Å². The number of rotatable bonds is 7. The third kappa shape index (κ3) is 5.81. The predicted molar refractivity (Wildman–Crippen MR) is 117 cm³/mol. The minimum absolute atomic E-state index is 0.130. The molecule has 2 amide bonds. The number of amides is 2. The molecule has 0 saturated heterocycles. The molecule has 0 fully saturated rings. The number of nitrogens with one attached hydrogen (secondary N) is 2. The van der Waals surface area contributed by atoms with Gasteiger partial charge in [0.2, 0.25) is 11.8 Å². The minimum atomic E-state index is -0.404. The molecule has 1 atom stereocenters. The Hall–Kier alpha value is -2.37. The number of fused-ring (bicyclic) bond motifs is 1. The first-order valence-corrected chi connectivity index (χ1v) is 10.3. The maximum atomic E-state index is 12.8. The second-order valence-electron chi connectivity index (χ2n) is 8.06. The summed E-state index contributed by atoms with van der Waals surface area (Å²) < 4.78 is 0. The molecule has 0 radical (unpaired) electrons. The van der Waals surface area contributed by atoms with Gasteiger partial charge in [0.1, 0.15) is 0 Å². The molecule has 3 rings (SSSR count). The maximum Gasteiger partial charge on any atom is 0.226 e. The quantitative estimate of drug-likeness (QED) is 0.701. The standard InChI is InChI=1S/C23H28ClN3O2/c1-15(2)12-27-13-18-5-4-6-21(20(18)14-27)26-23(29)11-22(25-16(3)28)17-7-9-19(24)10-8-17/h4-10,15,22H,11-14H2,1-3H3,(H,25,28)(H,26,29)/t22-/m1/s1. The fourth-order valence-corrected chi connectivity index (χ4v) is 3.96. The number of halogens is 1. The Morgan fingerprint density at radius 1 is 1.10 bits per heavy atom. The molecule has 2 aromatic rings. The van der Waals surface area contributed by atoms with Crippen molar-refractivity contribution >= 4 is 29.1 Å². The van der Waals surface area contributed by atoms with Crippen molar-refractivity contribution in [3.63, 3.8) is 0 Å². The van der Waals surface area contributed by atoms with Crippen LogP contribution in [0.5, 0.6) is 0 Å². The van der Waals surface area contributed by atoms with Crippen LogP contribution >= 0.6 is 11.6 Å². The van der Waals surface area contributed by atoms with Gasteiger partial charge < -0.3 is 10.6 Å². The highest BCUT2D eigenvalue weighted by Crippen LogP contribution is 2.30. The first-order valence-electron chi connectivity index (χ1n) is 9.97. The Bertz CT molecular complexity index is 880. The van der Waals surface area contributed by atoms with Crippen molar-refractivity contribution in [2.45, 2.75) is 46.3 Å². The van der Waals surface area contributed by atoms with Gasteiger partial charge in [0.25, 0.3) is 0 Å². The third-order valence-electron chi connectivity index (χ3n) is 4.99. The van der Waals surface area contributed by atoms with Gasteiger partial charge in [0.15, 0.2) is 0 Å². The summed E-state index contributed by atoms with van der Waals surface area (Å²) in [6, 6.07) is 12.8. The van der Waals surface area contributed by atoms with Crippen LogP contribution in [0.25, 0.3) is 0 Å². The van der Waals surface area contributed by atoms with Crippen molar-refractivity contribution in [1.29, 1.82) is 0 Å². The molecule has 5 nitrogen and oxygen atoms in total. The molecule has 0 saturated carbocycles. The second-order valence-corrected chi connectivity index (χ2v) is 8.50. The molecule has 0 unspecified atom stereocenters. The van der Waals surface area contributed by atoms with E-state index in [1.807, 2.05) is 24.3 Å². The lowest BCUT2D eigenvalue weighted by molar-refractivity contribution is -0.120. The van der Waals surface area contributed by atoms with Gasteiger partial charge in [-0.25, -0.2) is 0 Å². The van der Waals surface area contributed by atoms with Gasteiger partial charge in [-0.05, 0) is 40.8 Å². The van der Waals surface area contributed by atoms with Gasteiger partial charge in [-0.3, -0.25) is 14.5 Å². The molecule has 154 valence electrons. The van der Waals surface area contributed by atoms with E-state index >= 15 is 0 Å². The van der Waals surface area contributed by atoms with Crippen molar-refractivity contribution in [3.05, 3.63) is 64.2 Å². The number of carbonyl (C=O) groups is 2. The average molecular weight is 414 g/mol. The van der Waals surface area contributed by atoms with E-state index in [2.05, 4.69) is 35.4 Å². The molecule has 1 heterocycles. The Morgan fingerprint density at radius 3 is 2.48 bits per heavy atom. The summed E-state index contributed by atoms with van der Waals surface area (Å²) in [4.78, 5) is 26.8. The van der Waals surface area contributed by atoms with E-state index in [0.717, 1.165) is 30.9 Å². The number of hydrogen-bond acceptors (Lipinski definition) is 3. The van der Waals surface area contributed by atoms with Crippen LogP contribution in [-0.4, -0.2) is 23.3 Å². The van der Waals surface area contributed by atoms with E-state index in [1.165, 1.54) is 18.1 Å². The fraction of sp³-hybridized carbons (Fsp3) is 0.391. The van der Waals surface area contributed by atoms with Crippen LogP contribution in [0.2, 0.25) is 5.02 Å². The monoisotopic (exact) mass is 413 g/mol. The summed E-state index contributed by atoms with van der Waals surface area (Å²) >= 11 is 5.96. The lowest BCUT2D eigenvalue weighted by Crippen LogP contribution is -2.30. The van der Waals surface area contributed by atoms with Gasteiger partial charge in [-0.1, -0.05) is 49.7 Å². The molecule has 0 aliphatic carbocycles. The smallest absolute Gasteiger partial charge is 0.226 e. The highest BCUT2D eigenvalue weighted by atomic mass is 35.5. The van der Waals surface area contributed by atoms with E-state index in [1.54, 1.807) is 12.1 Å². The number of carbonyl (C=O) groups excluding carboxylic acids is 2. The highest BCUT2D eigenvalue weighted by Gasteiger charge is 2.24. The molecule has 1 aliphatic heterocycles. The van der Waals surface area contributed by atoms with Crippen molar-refractivity contribution < 1.29 is 9.59 Å². The lowest BCUT2D eigenvalue weighted by atomic mass is 10.0.